The second-order valence-electron chi connectivity index (χ2n) is 4.93. The van der Waals surface area contributed by atoms with Gasteiger partial charge in [0, 0.05) is 19.4 Å². The number of nitrogens with one attached hydrogen (secondary N) is 1. The number of hydrogen-bond acceptors (Lipinski definition) is 4. The van der Waals surface area contributed by atoms with Crippen LogP contribution in [0.15, 0.2) is 53.6 Å². The largest absolute Gasteiger partial charge is 0.334 e. The highest BCUT2D eigenvalue weighted by Crippen LogP contribution is 2.08. The molecule has 1 amide bonds. The molecule has 0 atom stereocenters. The van der Waals surface area contributed by atoms with Crippen LogP contribution in [0.2, 0.25) is 0 Å². The Morgan fingerprint density at radius 1 is 1.23 bits per heavy atom. The molecule has 0 saturated heterocycles. The molecular weight excluding hydrogens is 280 g/mol. The normalized spacial score (nSPS) is 10.6. The van der Waals surface area contributed by atoms with E-state index in [0.29, 0.717) is 22.3 Å². The summed E-state index contributed by atoms with van der Waals surface area (Å²) >= 11 is 0. The lowest BCUT2D eigenvalue weighted by atomic mass is 10.2. The molecule has 0 saturated carbocycles. The second kappa shape index (κ2) is 5.77. The number of aromatic amines is 1. The van der Waals surface area contributed by atoms with Gasteiger partial charge < -0.3 is 9.88 Å². The summed E-state index contributed by atoms with van der Waals surface area (Å²) in [5.41, 5.74) is 0.902. The lowest BCUT2D eigenvalue weighted by Gasteiger charge is -2.16. The number of pyridine rings is 1. The Morgan fingerprint density at radius 2 is 2.05 bits per heavy atom. The van der Waals surface area contributed by atoms with Gasteiger partial charge in [-0.3, -0.25) is 14.6 Å². The van der Waals surface area contributed by atoms with Crippen LogP contribution in [0, 0.1) is 0 Å². The van der Waals surface area contributed by atoms with E-state index >= 15 is 0 Å². The highest BCUT2D eigenvalue weighted by Gasteiger charge is 2.13. The predicted octanol–water partition coefficient (Wildman–Crippen LogP) is 1.59. The van der Waals surface area contributed by atoms with E-state index in [9.17, 15) is 9.59 Å². The number of H-pyrrole nitrogens is 1. The average Bonchev–Trinajstić information content (AvgIpc) is 2.55. The van der Waals surface area contributed by atoms with Crippen LogP contribution in [-0.2, 0) is 6.54 Å². The Balaban J connectivity index is 1.87. The van der Waals surface area contributed by atoms with Gasteiger partial charge in [-0.15, -0.1) is 0 Å². The maximum absolute atomic E-state index is 12.3. The van der Waals surface area contributed by atoms with Crippen LogP contribution in [0.4, 0.5) is 0 Å². The SMILES string of the molecule is CN(Cc1nc2ccccc2c(=O)[nH]1)C(=O)c1cccnc1. The van der Waals surface area contributed by atoms with Crippen molar-refractivity contribution in [1.29, 1.82) is 0 Å². The Hall–Kier alpha value is -3.02. The van der Waals surface area contributed by atoms with E-state index < -0.39 is 0 Å². The molecule has 0 unspecified atom stereocenters. The lowest BCUT2D eigenvalue weighted by molar-refractivity contribution is 0.0781. The maximum atomic E-state index is 12.3. The first-order chi connectivity index (χ1) is 10.6. The third-order valence-electron chi connectivity index (χ3n) is 3.30. The molecule has 6 heteroatoms. The molecule has 0 radical (unpaired) electrons. The zero-order valence-corrected chi connectivity index (χ0v) is 12.0. The molecule has 3 rings (SSSR count). The van der Waals surface area contributed by atoms with Crippen molar-refractivity contribution in [2.45, 2.75) is 6.54 Å². The van der Waals surface area contributed by atoms with Crippen molar-refractivity contribution in [2.24, 2.45) is 0 Å². The standard InChI is InChI=1S/C16H14N4O2/c1-20(16(22)11-5-4-8-17-9-11)10-14-18-13-7-3-2-6-12(13)15(21)19-14/h2-9H,10H2,1H3,(H,18,19,21). The molecule has 0 fully saturated rings. The third-order valence-corrected chi connectivity index (χ3v) is 3.30. The molecule has 0 aliphatic heterocycles. The van der Waals surface area contributed by atoms with Gasteiger partial charge in [0.25, 0.3) is 11.5 Å². The van der Waals surface area contributed by atoms with Gasteiger partial charge >= 0.3 is 0 Å². The van der Waals surface area contributed by atoms with Crippen LogP contribution in [0.1, 0.15) is 16.2 Å². The van der Waals surface area contributed by atoms with Gasteiger partial charge in [-0.05, 0) is 24.3 Å². The highest BCUT2D eigenvalue weighted by molar-refractivity contribution is 5.93. The van der Waals surface area contributed by atoms with Crippen molar-refractivity contribution in [2.75, 3.05) is 7.05 Å². The number of aromatic nitrogens is 3. The number of para-hydroxylation sites is 1. The van der Waals surface area contributed by atoms with Gasteiger partial charge in [-0.25, -0.2) is 4.98 Å². The fraction of sp³-hybridized carbons (Fsp3) is 0.125. The average molecular weight is 294 g/mol. The zero-order chi connectivity index (χ0) is 15.5. The third kappa shape index (κ3) is 2.71. The maximum Gasteiger partial charge on any atom is 0.258 e. The Labute approximate surface area is 126 Å². The van der Waals surface area contributed by atoms with Gasteiger partial charge in [0.1, 0.15) is 5.82 Å². The molecule has 110 valence electrons. The van der Waals surface area contributed by atoms with Crippen LogP contribution in [-0.4, -0.2) is 32.8 Å². The van der Waals surface area contributed by atoms with Gasteiger partial charge in [0.05, 0.1) is 23.0 Å². The molecule has 2 aromatic heterocycles. The number of carbonyl (C=O) groups is 1. The molecule has 6 nitrogen and oxygen atoms in total. The molecular formula is C16H14N4O2. The van der Waals surface area contributed by atoms with E-state index in [1.165, 1.54) is 11.1 Å². The monoisotopic (exact) mass is 294 g/mol. The Bertz CT molecular complexity index is 874. The molecule has 1 aromatic carbocycles. The van der Waals surface area contributed by atoms with E-state index in [2.05, 4.69) is 15.0 Å². The Kier molecular flexibility index (Phi) is 3.65. The number of carbonyl (C=O) groups excluding carboxylic acids is 1. The molecule has 3 aromatic rings. The van der Waals surface area contributed by atoms with Crippen LogP contribution in [0.5, 0.6) is 0 Å². The van der Waals surface area contributed by atoms with E-state index in [4.69, 9.17) is 0 Å². The summed E-state index contributed by atoms with van der Waals surface area (Å²) in [6.45, 7) is 0.216. The van der Waals surface area contributed by atoms with Gasteiger partial charge in [0.15, 0.2) is 0 Å². The fourth-order valence-corrected chi connectivity index (χ4v) is 2.22. The minimum absolute atomic E-state index is 0.177. The van der Waals surface area contributed by atoms with Crippen molar-refractivity contribution >= 4 is 16.8 Å². The lowest BCUT2D eigenvalue weighted by Crippen LogP contribution is -2.28. The quantitative estimate of drug-likeness (QED) is 0.795. The number of nitrogens with zero attached hydrogens (tertiary/aromatic N) is 3. The first-order valence-electron chi connectivity index (χ1n) is 6.78. The smallest absolute Gasteiger partial charge is 0.258 e. The second-order valence-corrected chi connectivity index (χ2v) is 4.93. The fourth-order valence-electron chi connectivity index (χ4n) is 2.22. The molecule has 0 spiro atoms. The molecule has 22 heavy (non-hydrogen) atoms. The van der Waals surface area contributed by atoms with Crippen LogP contribution >= 0.6 is 0 Å². The summed E-state index contributed by atoms with van der Waals surface area (Å²) in [6.07, 6.45) is 3.12. The van der Waals surface area contributed by atoms with Crippen LogP contribution in [0.25, 0.3) is 10.9 Å². The van der Waals surface area contributed by atoms with Crippen molar-refractivity contribution < 1.29 is 4.79 Å². The molecule has 0 aliphatic carbocycles. The minimum atomic E-state index is -0.206. The summed E-state index contributed by atoms with van der Waals surface area (Å²) in [4.78, 5) is 36.8. The number of benzene rings is 1. The topological polar surface area (TPSA) is 79.0 Å². The first-order valence-corrected chi connectivity index (χ1v) is 6.78. The van der Waals surface area contributed by atoms with E-state index in [1.807, 2.05) is 6.07 Å². The van der Waals surface area contributed by atoms with Crippen molar-refractivity contribution in [3.8, 4) is 0 Å². The molecule has 0 aliphatic rings. The minimum Gasteiger partial charge on any atom is -0.334 e. The van der Waals surface area contributed by atoms with Crippen LogP contribution < -0.4 is 5.56 Å². The van der Waals surface area contributed by atoms with Gasteiger partial charge in [-0.2, -0.15) is 0 Å². The number of fused-ring (bicyclic) bond motifs is 1. The molecule has 1 N–H and O–H groups in total. The summed E-state index contributed by atoms with van der Waals surface area (Å²) in [7, 11) is 1.66. The van der Waals surface area contributed by atoms with Crippen LogP contribution in [0.3, 0.4) is 0 Å². The van der Waals surface area contributed by atoms with Gasteiger partial charge in [-0.1, -0.05) is 12.1 Å². The number of amides is 1. The number of hydrogen-bond donors (Lipinski definition) is 1. The Morgan fingerprint density at radius 3 is 2.82 bits per heavy atom. The van der Waals surface area contributed by atoms with Crippen molar-refractivity contribution in [3.05, 3.63) is 70.5 Å². The zero-order valence-electron chi connectivity index (χ0n) is 12.0. The summed E-state index contributed by atoms with van der Waals surface area (Å²) in [5.74, 6) is 0.271. The molecule has 2 heterocycles. The predicted molar refractivity (Wildman–Crippen MR) is 82.4 cm³/mol. The van der Waals surface area contributed by atoms with Crippen molar-refractivity contribution in [1.82, 2.24) is 19.9 Å². The van der Waals surface area contributed by atoms with E-state index in [1.54, 1.807) is 43.6 Å². The molecule has 0 bridgehead atoms. The number of rotatable bonds is 3. The highest BCUT2D eigenvalue weighted by atomic mass is 16.2. The van der Waals surface area contributed by atoms with E-state index in [0.717, 1.165) is 0 Å². The first kappa shape index (κ1) is 13.9. The van der Waals surface area contributed by atoms with Gasteiger partial charge in [0.2, 0.25) is 0 Å². The summed E-state index contributed by atoms with van der Waals surface area (Å²) in [5, 5.41) is 0.535. The van der Waals surface area contributed by atoms with E-state index in [-0.39, 0.29) is 18.0 Å². The van der Waals surface area contributed by atoms with Crippen molar-refractivity contribution in [3.63, 3.8) is 0 Å². The summed E-state index contributed by atoms with van der Waals surface area (Å²) < 4.78 is 0. The summed E-state index contributed by atoms with van der Waals surface area (Å²) in [6, 6.07) is 10.5.